The normalized spacial score (nSPS) is 20.9. The van der Waals surface area contributed by atoms with Gasteiger partial charge in [0, 0.05) is 6.07 Å². The number of hydrogen-bond acceptors (Lipinski definition) is 0. The van der Waals surface area contributed by atoms with Crippen molar-refractivity contribution < 1.29 is 5.94 Å². The summed E-state index contributed by atoms with van der Waals surface area (Å²) in [7, 11) is 2.10. The molecule has 1 aromatic heterocycles. The van der Waals surface area contributed by atoms with Gasteiger partial charge in [-0.3, -0.25) is 0 Å². The van der Waals surface area contributed by atoms with Gasteiger partial charge < -0.3 is 0 Å². The summed E-state index contributed by atoms with van der Waals surface area (Å²) in [6.07, 6.45) is 18.2. The molecule has 0 radical (unpaired) electrons. The van der Waals surface area contributed by atoms with E-state index in [0.717, 1.165) is 0 Å². The smallest absolute Gasteiger partial charge is 0.200 e. The van der Waals surface area contributed by atoms with Crippen molar-refractivity contribution in [3.05, 3.63) is 64.8 Å². The maximum absolute atomic E-state index is 8.88. The summed E-state index contributed by atoms with van der Waals surface area (Å²) in [5, 5.41) is 2.56. The van der Waals surface area contributed by atoms with Crippen LogP contribution in [0.5, 0.6) is 0 Å². The summed E-state index contributed by atoms with van der Waals surface area (Å²) in [6, 6.07) is 14.4. The van der Waals surface area contributed by atoms with Gasteiger partial charge in [-0.1, -0.05) is 63.1 Å². The van der Waals surface area contributed by atoms with Crippen LogP contribution < -0.4 is 4.57 Å². The molecule has 0 bridgehead atoms. The molecule has 0 atom stereocenters. The molecular formula is C33H42N+. The predicted molar refractivity (Wildman–Crippen MR) is 144 cm³/mol. The van der Waals surface area contributed by atoms with E-state index < -0.39 is 0 Å². The highest BCUT2D eigenvalue weighted by atomic mass is 14.9. The molecule has 2 aromatic carbocycles. The van der Waals surface area contributed by atoms with Gasteiger partial charge in [-0.25, -0.2) is 4.57 Å². The van der Waals surface area contributed by atoms with Crippen LogP contribution in [0, 0.1) is 6.92 Å². The number of fused-ring (bicyclic) bond motifs is 1. The van der Waals surface area contributed by atoms with Gasteiger partial charge in [-0.15, -0.1) is 0 Å². The average Bonchev–Trinajstić information content (AvgIpc) is 3.61. The number of pyridine rings is 1. The Morgan fingerprint density at radius 1 is 0.706 bits per heavy atom. The molecule has 1 heteroatoms. The molecule has 178 valence electrons. The van der Waals surface area contributed by atoms with E-state index in [0.29, 0.717) is 23.9 Å². The van der Waals surface area contributed by atoms with Crippen molar-refractivity contribution in [2.24, 2.45) is 7.05 Å². The fraction of sp³-hybridized carbons (Fsp3) is 0.545. The molecular weight excluding hydrogens is 410 g/mol. The summed E-state index contributed by atoms with van der Waals surface area (Å²) < 4.78 is 11.0. The zero-order valence-corrected chi connectivity index (χ0v) is 21.3. The van der Waals surface area contributed by atoms with Crippen molar-refractivity contribution in [3.63, 3.8) is 0 Å². The van der Waals surface area contributed by atoms with E-state index in [4.69, 9.17) is 1.37 Å². The van der Waals surface area contributed by atoms with E-state index in [1.807, 2.05) is 0 Å². The fourth-order valence-corrected chi connectivity index (χ4v) is 7.51. The lowest BCUT2D eigenvalue weighted by atomic mass is 9.82. The summed E-state index contributed by atoms with van der Waals surface area (Å²) in [5.41, 5.74) is 8.73. The third-order valence-electron chi connectivity index (χ3n) is 9.50. The van der Waals surface area contributed by atoms with Crippen molar-refractivity contribution >= 4 is 10.8 Å². The van der Waals surface area contributed by atoms with E-state index >= 15 is 0 Å². The van der Waals surface area contributed by atoms with E-state index in [9.17, 15) is 0 Å². The standard InChI is InChI=1S/C33H42N/c1-23-31(26-14-8-9-15-26)21-29(25-12-6-7-13-25)22-32(23)33-30-17-16-27(24-10-4-3-5-11-24)20-28(30)18-19-34(33)2/h16-22,24-26H,3-15H2,1-2H3/q+1/i19D. The van der Waals surface area contributed by atoms with Crippen LogP contribution in [0.15, 0.2) is 42.6 Å². The third-order valence-corrected chi connectivity index (χ3v) is 9.50. The molecule has 3 aliphatic carbocycles. The molecule has 1 nitrogen and oxygen atoms in total. The molecule has 3 aromatic rings. The first kappa shape index (κ1) is 21.2. The second kappa shape index (κ2) is 9.48. The first-order chi connectivity index (χ1) is 17.1. The van der Waals surface area contributed by atoms with Crippen LogP contribution in [-0.2, 0) is 7.05 Å². The lowest BCUT2D eigenvalue weighted by molar-refractivity contribution is -0.659. The number of hydrogen-bond donors (Lipinski definition) is 0. The van der Waals surface area contributed by atoms with Crippen LogP contribution in [0.2, 0.25) is 0 Å². The molecule has 3 saturated carbocycles. The lowest BCUT2D eigenvalue weighted by Gasteiger charge is -2.23. The van der Waals surface area contributed by atoms with Crippen LogP contribution in [-0.4, -0.2) is 0 Å². The summed E-state index contributed by atoms with van der Waals surface area (Å²) >= 11 is 0. The van der Waals surface area contributed by atoms with Gasteiger partial charge in [0.25, 0.3) is 0 Å². The molecule has 0 spiro atoms. The van der Waals surface area contributed by atoms with Crippen LogP contribution in [0.3, 0.4) is 0 Å². The Labute approximate surface area is 208 Å². The number of nitrogens with zero attached hydrogens (tertiary/aromatic N) is 1. The van der Waals surface area contributed by atoms with Gasteiger partial charge in [-0.2, -0.15) is 0 Å². The second-order valence-corrected chi connectivity index (χ2v) is 11.6. The largest absolute Gasteiger partial charge is 0.220 e. The molecule has 0 aliphatic heterocycles. The maximum Gasteiger partial charge on any atom is 0.220 e. The zero-order valence-electron chi connectivity index (χ0n) is 22.3. The van der Waals surface area contributed by atoms with Gasteiger partial charge in [0.2, 0.25) is 5.69 Å². The first-order valence-electron chi connectivity index (χ1n) is 14.7. The average molecular weight is 454 g/mol. The highest BCUT2D eigenvalue weighted by Crippen LogP contribution is 2.44. The molecule has 1 heterocycles. The molecule has 6 rings (SSSR count). The van der Waals surface area contributed by atoms with Gasteiger partial charge in [0.05, 0.1) is 10.9 Å². The van der Waals surface area contributed by atoms with Crippen LogP contribution >= 0.6 is 0 Å². The Hall–Kier alpha value is -2.15. The van der Waals surface area contributed by atoms with Crippen molar-refractivity contribution in [1.29, 1.82) is 0 Å². The molecule has 34 heavy (non-hydrogen) atoms. The van der Waals surface area contributed by atoms with Gasteiger partial charge in [-0.05, 0) is 103 Å². The van der Waals surface area contributed by atoms with E-state index in [-0.39, 0.29) is 0 Å². The Kier molecular flexibility index (Phi) is 5.90. The van der Waals surface area contributed by atoms with Crippen LogP contribution in [0.1, 0.15) is 125 Å². The molecule has 3 aliphatic rings. The number of benzene rings is 2. The SMILES string of the molecule is [2H]c1cc2cc(C3CCCCC3)ccc2c(-c2cc(C3CCCC3)cc(C3CCCC3)c2C)[n+]1C. The molecule has 0 unspecified atom stereocenters. The van der Waals surface area contributed by atoms with E-state index in [1.54, 1.807) is 11.1 Å². The first-order valence-corrected chi connectivity index (χ1v) is 14.2. The van der Waals surface area contributed by atoms with E-state index in [2.05, 4.69) is 54.9 Å². The molecule has 0 amide bonds. The minimum atomic E-state index is 0.612. The number of aromatic nitrogens is 1. The van der Waals surface area contributed by atoms with Crippen LogP contribution in [0.4, 0.5) is 0 Å². The van der Waals surface area contributed by atoms with Crippen molar-refractivity contribution in [1.82, 2.24) is 0 Å². The Morgan fingerprint density at radius 3 is 2.03 bits per heavy atom. The Morgan fingerprint density at radius 2 is 1.32 bits per heavy atom. The predicted octanol–water partition coefficient (Wildman–Crippen LogP) is 9.00. The monoisotopic (exact) mass is 453 g/mol. The maximum atomic E-state index is 8.88. The highest BCUT2D eigenvalue weighted by molar-refractivity contribution is 5.94. The van der Waals surface area contributed by atoms with Gasteiger partial charge in [0.15, 0.2) is 6.17 Å². The highest BCUT2D eigenvalue weighted by Gasteiger charge is 2.27. The minimum Gasteiger partial charge on any atom is -0.200 e. The lowest BCUT2D eigenvalue weighted by Crippen LogP contribution is -2.31. The quantitative estimate of drug-likeness (QED) is 0.347. The Bertz CT molecular complexity index is 1220. The van der Waals surface area contributed by atoms with Crippen molar-refractivity contribution in [2.75, 3.05) is 0 Å². The Balaban J connectivity index is 1.53. The molecule has 0 saturated heterocycles. The van der Waals surface area contributed by atoms with Crippen molar-refractivity contribution in [2.45, 2.75) is 108 Å². The topological polar surface area (TPSA) is 3.88 Å². The van der Waals surface area contributed by atoms with Crippen molar-refractivity contribution in [3.8, 4) is 11.3 Å². The summed E-state index contributed by atoms with van der Waals surface area (Å²) in [4.78, 5) is 0. The minimum absolute atomic E-state index is 0.612. The molecule has 0 N–H and O–H groups in total. The summed E-state index contributed by atoms with van der Waals surface area (Å²) in [6.45, 7) is 2.36. The third kappa shape index (κ3) is 4.10. The fourth-order valence-electron chi connectivity index (χ4n) is 7.51. The number of rotatable bonds is 4. The molecule has 3 fully saturated rings. The van der Waals surface area contributed by atoms with E-state index in [1.165, 1.54) is 117 Å². The zero-order chi connectivity index (χ0) is 23.9. The second-order valence-electron chi connectivity index (χ2n) is 11.6. The summed E-state index contributed by atoms with van der Waals surface area (Å²) in [5.74, 6) is 2.12. The van der Waals surface area contributed by atoms with Crippen LogP contribution in [0.25, 0.3) is 22.0 Å². The van der Waals surface area contributed by atoms with Gasteiger partial charge >= 0.3 is 0 Å². The van der Waals surface area contributed by atoms with Gasteiger partial charge in [0.1, 0.15) is 8.42 Å².